The number of ether oxygens (including phenoxy) is 1. The van der Waals surface area contributed by atoms with Crippen LogP contribution in [0.15, 0.2) is 0 Å². The van der Waals surface area contributed by atoms with Gasteiger partial charge in [0.15, 0.2) is 0 Å². The molecule has 90 valence electrons. The van der Waals surface area contributed by atoms with E-state index >= 15 is 0 Å². The summed E-state index contributed by atoms with van der Waals surface area (Å²) < 4.78 is 4.56. The normalized spacial score (nSPS) is 12.5. The van der Waals surface area contributed by atoms with E-state index in [9.17, 15) is 4.79 Å². The second-order valence-electron chi connectivity index (χ2n) is 3.93. The van der Waals surface area contributed by atoms with Gasteiger partial charge in [-0.1, -0.05) is 45.4 Å². The number of hydrogen-bond acceptors (Lipinski definition) is 2. The molecule has 0 aromatic carbocycles. The summed E-state index contributed by atoms with van der Waals surface area (Å²) in [4.78, 5) is 10.9. The van der Waals surface area contributed by atoms with E-state index in [1.807, 2.05) is 0 Å². The fourth-order valence-corrected chi connectivity index (χ4v) is 1.79. The van der Waals surface area contributed by atoms with Crippen molar-refractivity contribution in [2.75, 3.05) is 7.11 Å². The summed E-state index contributed by atoms with van der Waals surface area (Å²) in [7, 11) is 1.40. The summed E-state index contributed by atoms with van der Waals surface area (Å²) in [5.41, 5.74) is 0. The van der Waals surface area contributed by atoms with Gasteiger partial charge in [0, 0.05) is 5.38 Å². The molecule has 0 aliphatic heterocycles. The summed E-state index contributed by atoms with van der Waals surface area (Å²) >= 11 is 5.99. The van der Waals surface area contributed by atoms with Gasteiger partial charge in [-0.25, -0.2) is 0 Å². The van der Waals surface area contributed by atoms with E-state index < -0.39 is 0 Å². The van der Waals surface area contributed by atoms with Crippen LogP contribution < -0.4 is 0 Å². The summed E-state index contributed by atoms with van der Waals surface area (Å²) in [6.07, 6.45) is 8.82. The van der Waals surface area contributed by atoms with Crippen molar-refractivity contribution in [1.29, 1.82) is 0 Å². The average molecular weight is 235 g/mol. The van der Waals surface area contributed by atoms with Crippen LogP contribution in [0.3, 0.4) is 0 Å². The molecule has 0 rings (SSSR count). The second-order valence-corrected chi connectivity index (χ2v) is 4.55. The minimum atomic E-state index is -0.207. The molecule has 2 nitrogen and oxygen atoms in total. The Hall–Kier alpha value is -0.240. The Bertz CT molecular complexity index is 160. The van der Waals surface area contributed by atoms with Crippen LogP contribution in [0.4, 0.5) is 0 Å². The number of hydrogen-bond donors (Lipinski definition) is 0. The number of methoxy groups -OCH3 is 1. The van der Waals surface area contributed by atoms with Gasteiger partial charge in [-0.15, -0.1) is 11.6 Å². The number of rotatable bonds is 9. The van der Waals surface area contributed by atoms with Crippen molar-refractivity contribution in [3.63, 3.8) is 0 Å². The first-order valence-corrected chi connectivity index (χ1v) is 6.35. The van der Waals surface area contributed by atoms with E-state index in [1.54, 1.807) is 0 Å². The Morgan fingerprint density at radius 1 is 1.20 bits per heavy atom. The Morgan fingerprint density at radius 2 is 1.80 bits per heavy atom. The number of halogens is 1. The Balaban J connectivity index is 3.23. The largest absolute Gasteiger partial charge is 0.469 e. The van der Waals surface area contributed by atoms with E-state index in [-0.39, 0.29) is 11.3 Å². The predicted octanol–water partition coefficient (Wildman–Crippen LogP) is 3.91. The van der Waals surface area contributed by atoms with E-state index in [2.05, 4.69) is 11.7 Å². The average Bonchev–Trinajstić information content (AvgIpc) is 2.23. The van der Waals surface area contributed by atoms with Gasteiger partial charge in [0.2, 0.25) is 0 Å². The molecule has 0 saturated heterocycles. The number of alkyl halides is 1. The van der Waals surface area contributed by atoms with Crippen LogP contribution in [0.5, 0.6) is 0 Å². The summed E-state index contributed by atoms with van der Waals surface area (Å²) in [5, 5.41) is -0.0522. The molecule has 0 radical (unpaired) electrons. The van der Waals surface area contributed by atoms with Gasteiger partial charge >= 0.3 is 5.97 Å². The first-order chi connectivity index (χ1) is 7.20. The lowest BCUT2D eigenvalue weighted by molar-refractivity contribution is -0.140. The number of unbranched alkanes of at least 4 members (excludes halogenated alkanes) is 5. The first-order valence-electron chi connectivity index (χ1n) is 5.91. The van der Waals surface area contributed by atoms with Crippen molar-refractivity contribution < 1.29 is 9.53 Å². The highest BCUT2D eigenvalue weighted by molar-refractivity contribution is 6.21. The van der Waals surface area contributed by atoms with Crippen molar-refractivity contribution in [2.45, 2.75) is 63.7 Å². The van der Waals surface area contributed by atoms with Crippen molar-refractivity contribution >= 4 is 17.6 Å². The van der Waals surface area contributed by atoms with Crippen molar-refractivity contribution in [1.82, 2.24) is 0 Å². The smallest absolute Gasteiger partial charge is 0.307 e. The topological polar surface area (TPSA) is 26.3 Å². The van der Waals surface area contributed by atoms with Crippen LogP contribution in [0.25, 0.3) is 0 Å². The molecule has 0 heterocycles. The molecule has 0 aliphatic rings. The molecule has 0 aliphatic carbocycles. The molecule has 0 fully saturated rings. The maximum Gasteiger partial charge on any atom is 0.307 e. The molecule has 0 aromatic rings. The lowest BCUT2D eigenvalue weighted by atomic mass is 10.1. The fourth-order valence-electron chi connectivity index (χ4n) is 1.51. The molecule has 3 heteroatoms. The molecular weight excluding hydrogens is 212 g/mol. The zero-order chi connectivity index (χ0) is 11.5. The van der Waals surface area contributed by atoms with Crippen molar-refractivity contribution in [3.8, 4) is 0 Å². The third-order valence-corrected chi connectivity index (χ3v) is 2.86. The molecule has 0 spiro atoms. The predicted molar refractivity (Wildman–Crippen MR) is 64.3 cm³/mol. The van der Waals surface area contributed by atoms with Gasteiger partial charge in [0.05, 0.1) is 13.5 Å². The summed E-state index contributed by atoms with van der Waals surface area (Å²) in [5.74, 6) is -0.207. The maximum absolute atomic E-state index is 10.9. The van der Waals surface area contributed by atoms with Crippen LogP contribution in [-0.2, 0) is 9.53 Å². The van der Waals surface area contributed by atoms with Crippen LogP contribution >= 0.6 is 11.6 Å². The molecule has 0 amide bonds. The van der Waals surface area contributed by atoms with Crippen LogP contribution in [0.2, 0.25) is 0 Å². The van der Waals surface area contributed by atoms with Gasteiger partial charge in [-0.3, -0.25) is 4.79 Å². The third-order valence-electron chi connectivity index (χ3n) is 2.49. The monoisotopic (exact) mass is 234 g/mol. The highest BCUT2D eigenvalue weighted by Gasteiger charge is 2.10. The Morgan fingerprint density at radius 3 is 2.40 bits per heavy atom. The van der Waals surface area contributed by atoms with Gasteiger partial charge in [0.25, 0.3) is 0 Å². The molecule has 15 heavy (non-hydrogen) atoms. The fraction of sp³-hybridized carbons (Fsp3) is 0.917. The maximum atomic E-state index is 10.9. The van der Waals surface area contributed by atoms with Crippen molar-refractivity contribution in [2.24, 2.45) is 0 Å². The Kier molecular flexibility index (Phi) is 10.1. The molecule has 0 N–H and O–H groups in total. The third kappa shape index (κ3) is 10.1. The highest BCUT2D eigenvalue weighted by atomic mass is 35.5. The van der Waals surface area contributed by atoms with E-state index in [1.165, 1.54) is 39.2 Å². The quantitative estimate of drug-likeness (QED) is 0.344. The van der Waals surface area contributed by atoms with Crippen molar-refractivity contribution in [3.05, 3.63) is 0 Å². The molecule has 1 unspecified atom stereocenters. The van der Waals surface area contributed by atoms with Gasteiger partial charge in [-0.05, 0) is 6.42 Å². The summed E-state index contributed by atoms with van der Waals surface area (Å²) in [6, 6.07) is 0. The van der Waals surface area contributed by atoms with E-state index in [0.717, 1.165) is 12.8 Å². The molecule has 0 aromatic heterocycles. The lowest BCUT2D eigenvalue weighted by Crippen LogP contribution is -2.09. The number of esters is 1. The van der Waals surface area contributed by atoms with E-state index in [4.69, 9.17) is 11.6 Å². The first kappa shape index (κ1) is 14.8. The van der Waals surface area contributed by atoms with Crippen LogP contribution in [0, 0.1) is 0 Å². The van der Waals surface area contributed by atoms with Crippen LogP contribution in [-0.4, -0.2) is 18.5 Å². The van der Waals surface area contributed by atoms with Crippen LogP contribution in [0.1, 0.15) is 58.3 Å². The van der Waals surface area contributed by atoms with Gasteiger partial charge in [-0.2, -0.15) is 0 Å². The molecule has 1 atom stereocenters. The zero-order valence-electron chi connectivity index (χ0n) is 9.93. The SMILES string of the molecule is CCCCCCCCC(Cl)CC(=O)OC. The molecular formula is C12H23ClO2. The van der Waals surface area contributed by atoms with Gasteiger partial charge < -0.3 is 4.74 Å². The number of carbonyl (C=O) groups excluding carboxylic acids is 1. The highest BCUT2D eigenvalue weighted by Crippen LogP contribution is 2.14. The second kappa shape index (κ2) is 10.3. The number of carbonyl (C=O) groups is 1. The Labute approximate surface area is 98.3 Å². The lowest BCUT2D eigenvalue weighted by Gasteiger charge is -2.07. The molecule has 0 saturated carbocycles. The zero-order valence-corrected chi connectivity index (χ0v) is 10.7. The minimum Gasteiger partial charge on any atom is -0.469 e. The van der Waals surface area contributed by atoms with Gasteiger partial charge in [0.1, 0.15) is 0 Å². The van der Waals surface area contributed by atoms with E-state index in [0.29, 0.717) is 6.42 Å². The molecule has 0 bridgehead atoms. The standard InChI is InChI=1S/C12H23ClO2/c1-3-4-5-6-7-8-9-11(13)10-12(14)15-2/h11H,3-10H2,1-2H3. The minimum absolute atomic E-state index is 0.0522. The summed E-state index contributed by atoms with van der Waals surface area (Å²) in [6.45, 7) is 2.21.